The number of aryl methyl sites for hydroxylation is 1. The summed E-state index contributed by atoms with van der Waals surface area (Å²) < 4.78 is 6.41. The summed E-state index contributed by atoms with van der Waals surface area (Å²) in [5, 5.41) is 10.3. The van der Waals surface area contributed by atoms with Crippen molar-refractivity contribution in [2.75, 3.05) is 0 Å². The minimum Gasteiger partial charge on any atom is -0.458 e. The SMILES string of the molecule is CCn1ccc2c(c1=O)COC(=O)[C@]2(O)CC. The van der Waals surface area contributed by atoms with Gasteiger partial charge in [0.25, 0.3) is 5.56 Å². The molecule has 1 aliphatic heterocycles. The van der Waals surface area contributed by atoms with Crippen LogP contribution in [0.1, 0.15) is 31.4 Å². The Balaban J connectivity index is 2.68. The lowest BCUT2D eigenvalue weighted by atomic mass is 9.87. The van der Waals surface area contributed by atoms with Gasteiger partial charge in [0, 0.05) is 18.3 Å². The molecule has 1 aromatic rings. The van der Waals surface area contributed by atoms with Gasteiger partial charge in [0.1, 0.15) is 6.61 Å². The zero-order valence-corrected chi connectivity index (χ0v) is 9.90. The minimum atomic E-state index is -1.68. The van der Waals surface area contributed by atoms with E-state index in [4.69, 9.17) is 4.74 Å². The van der Waals surface area contributed by atoms with Crippen LogP contribution in [0, 0.1) is 0 Å². The molecule has 0 amide bonds. The fourth-order valence-corrected chi connectivity index (χ4v) is 2.10. The standard InChI is InChI=1S/C12H15NO4/c1-3-12(16)9-5-6-13(4-2)10(14)8(9)7-17-11(12)15/h5-6,16H,3-4,7H2,1-2H3/t12-/m0/s1. The van der Waals surface area contributed by atoms with E-state index in [2.05, 4.69) is 0 Å². The molecule has 0 saturated heterocycles. The summed E-state index contributed by atoms with van der Waals surface area (Å²) in [6.07, 6.45) is 1.79. The molecule has 1 atom stereocenters. The van der Waals surface area contributed by atoms with E-state index in [1.807, 2.05) is 6.92 Å². The number of aliphatic hydroxyl groups is 1. The maximum Gasteiger partial charge on any atom is 0.343 e. The molecule has 17 heavy (non-hydrogen) atoms. The van der Waals surface area contributed by atoms with E-state index in [9.17, 15) is 14.7 Å². The highest BCUT2D eigenvalue weighted by Gasteiger charge is 2.43. The maximum atomic E-state index is 12.0. The highest BCUT2D eigenvalue weighted by Crippen LogP contribution is 2.32. The Morgan fingerprint density at radius 1 is 1.47 bits per heavy atom. The predicted octanol–water partition coefficient (Wildman–Crippen LogP) is 0.523. The van der Waals surface area contributed by atoms with Crippen LogP contribution in [0.5, 0.6) is 0 Å². The van der Waals surface area contributed by atoms with Gasteiger partial charge in [0.2, 0.25) is 0 Å². The molecule has 2 heterocycles. The van der Waals surface area contributed by atoms with Crippen molar-refractivity contribution in [2.24, 2.45) is 0 Å². The maximum absolute atomic E-state index is 12.0. The molecule has 0 spiro atoms. The number of hydrogen-bond donors (Lipinski definition) is 1. The van der Waals surface area contributed by atoms with Gasteiger partial charge >= 0.3 is 5.97 Å². The summed E-state index contributed by atoms with van der Waals surface area (Å²) in [4.78, 5) is 23.6. The fraction of sp³-hybridized carbons (Fsp3) is 0.500. The lowest BCUT2D eigenvalue weighted by Crippen LogP contribution is -2.44. The molecule has 1 aromatic heterocycles. The van der Waals surface area contributed by atoms with Gasteiger partial charge in [-0.2, -0.15) is 0 Å². The first-order valence-electron chi connectivity index (χ1n) is 5.67. The van der Waals surface area contributed by atoms with Crippen LogP contribution in [0.15, 0.2) is 17.1 Å². The molecule has 0 aromatic carbocycles. The second-order valence-electron chi connectivity index (χ2n) is 4.09. The topological polar surface area (TPSA) is 68.5 Å². The summed E-state index contributed by atoms with van der Waals surface area (Å²) in [5.41, 5.74) is -1.13. The second kappa shape index (κ2) is 4.00. The van der Waals surface area contributed by atoms with Crippen molar-refractivity contribution in [1.82, 2.24) is 4.57 Å². The zero-order chi connectivity index (χ0) is 12.6. The van der Waals surface area contributed by atoms with Gasteiger partial charge in [-0.1, -0.05) is 6.92 Å². The molecule has 0 bridgehead atoms. The Bertz CT molecular complexity index is 520. The Kier molecular flexibility index (Phi) is 2.79. The van der Waals surface area contributed by atoms with E-state index in [1.165, 1.54) is 4.57 Å². The van der Waals surface area contributed by atoms with Crippen LogP contribution in [0.3, 0.4) is 0 Å². The molecule has 0 radical (unpaired) electrons. The number of esters is 1. The molecule has 0 fully saturated rings. The number of cyclic esters (lactones) is 1. The van der Waals surface area contributed by atoms with Gasteiger partial charge in [-0.3, -0.25) is 4.79 Å². The Labute approximate surface area is 98.6 Å². The van der Waals surface area contributed by atoms with Crippen LogP contribution in [0.25, 0.3) is 0 Å². The average Bonchev–Trinajstić information content (AvgIpc) is 2.34. The predicted molar refractivity (Wildman–Crippen MR) is 60.4 cm³/mol. The number of nitrogens with zero attached hydrogens (tertiary/aromatic N) is 1. The third kappa shape index (κ3) is 1.58. The van der Waals surface area contributed by atoms with Gasteiger partial charge in [-0.25, -0.2) is 4.79 Å². The minimum absolute atomic E-state index is 0.0594. The molecule has 0 aliphatic carbocycles. The molecule has 1 N–H and O–H groups in total. The zero-order valence-electron chi connectivity index (χ0n) is 9.90. The van der Waals surface area contributed by atoms with E-state index >= 15 is 0 Å². The molecule has 1 aliphatic rings. The monoisotopic (exact) mass is 237 g/mol. The number of hydrogen-bond acceptors (Lipinski definition) is 4. The van der Waals surface area contributed by atoms with Gasteiger partial charge in [-0.15, -0.1) is 0 Å². The highest BCUT2D eigenvalue weighted by atomic mass is 16.6. The van der Waals surface area contributed by atoms with Gasteiger partial charge in [-0.05, 0) is 19.4 Å². The second-order valence-corrected chi connectivity index (χ2v) is 4.09. The number of ether oxygens (including phenoxy) is 1. The van der Waals surface area contributed by atoms with Crippen molar-refractivity contribution >= 4 is 5.97 Å². The average molecular weight is 237 g/mol. The number of fused-ring (bicyclic) bond motifs is 1. The first kappa shape index (κ1) is 11.9. The first-order valence-corrected chi connectivity index (χ1v) is 5.67. The van der Waals surface area contributed by atoms with Crippen molar-refractivity contribution in [3.05, 3.63) is 33.7 Å². The summed E-state index contributed by atoms with van der Waals surface area (Å²) >= 11 is 0. The molecule has 0 saturated carbocycles. The number of rotatable bonds is 2. The normalized spacial score (nSPS) is 23.1. The number of carbonyl (C=O) groups is 1. The molecule has 0 unspecified atom stereocenters. The molecule has 2 rings (SSSR count). The quantitative estimate of drug-likeness (QED) is 0.761. The van der Waals surface area contributed by atoms with Crippen molar-refractivity contribution in [2.45, 2.75) is 39.0 Å². The molecule has 92 valence electrons. The molecule has 5 nitrogen and oxygen atoms in total. The van der Waals surface area contributed by atoms with E-state index in [-0.39, 0.29) is 18.6 Å². The van der Waals surface area contributed by atoms with Crippen LogP contribution in [0.2, 0.25) is 0 Å². The Morgan fingerprint density at radius 2 is 2.18 bits per heavy atom. The molecule has 5 heteroatoms. The first-order chi connectivity index (χ1) is 8.04. The summed E-state index contributed by atoms with van der Waals surface area (Å²) in [6.45, 7) is 4.02. The van der Waals surface area contributed by atoms with Gasteiger partial charge in [0.15, 0.2) is 5.60 Å². The van der Waals surface area contributed by atoms with Gasteiger partial charge in [0.05, 0.1) is 5.56 Å². The van der Waals surface area contributed by atoms with Gasteiger partial charge < -0.3 is 14.4 Å². The summed E-state index contributed by atoms with van der Waals surface area (Å²) in [6, 6.07) is 1.63. The number of pyridine rings is 1. The van der Waals surface area contributed by atoms with Crippen LogP contribution in [-0.2, 0) is 28.3 Å². The van der Waals surface area contributed by atoms with Crippen molar-refractivity contribution in [3.8, 4) is 0 Å². The van der Waals surface area contributed by atoms with E-state index < -0.39 is 11.6 Å². The molecular weight excluding hydrogens is 222 g/mol. The lowest BCUT2D eigenvalue weighted by molar-refractivity contribution is -0.172. The smallest absolute Gasteiger partial charge is 0.343 e. The van der Waals surface area contributed by atoms with Crippen molar-refractivity contribution in [1.29, 1.82) is 0 Å². The number of carbonyl (C=O) groups excluding carboxylic acids is 1. The Hall–Kier alpha value is -1.62. The molecular formula is C12H15NO4. The summed E-state index contributed by atoms with van der Waals surface area (Å²) in [5.74, 6) is -0.679. The van der Waals surface area contributed by atoms with Crippen molar-refractivity contribution in [3.63, 3.8) is 0 Å². The van der Waals surface area contributed by atoms with Crippen molar-refractivity contribution < 1.29 is 14.6 Å². The highest BCUT2D eigenvalue weighted by molar-refractivity contribution is 5.82. The van der Waals surface area contributed by atoms with Crippen LogP contribution < -0.4 is 5.56 Å². The lowest BCUT2D eigenvalue weighted by Gasteiger charge is -2.31. The Morgan fingerprint density at radius 3 is 2.76 bits per heavy atom. The van der Waals surface area contributed by atoms with E-state index in [1.54, 1.807) is 19.2 Å². The van der Waals surface area contributed by atoms with Crippen LogP contribution in [0.4, 0.5) is 0 Å². The largest absolute Gasteiger partial charge is 0.458 e. The fourth-order valence-electron chi connectivity index (χ4n) is 2.10. The third-order valence-electron chi connectivity index (χ3n) is 3.25. The number of aromatic nitrogens is 1. The van der Waals surface area contributed by atoms with Crippen LogP contribution in [-0.4, -0.2) is 15.6 Å². The summed E-state index contributed by atoms with van der Waals surface area (Å²) in [7, 11) is 0. The van der Waals surface area contributed by atoms with E-state index in [0.29, 0.717) is 17.7 Å². The van der Waals surface area contributed by atoms with E-state index in [0.717, 1.165) is 0 Å². The third-order valence-corrected chi connectivity index (χ3v) is 3.25. The van der Waals surface area contributed by atoms with Crippen LogP contribution >= 0.6 is 0 Å².